The van der Waals surface area contributed by atoms with Crippen LogP contribution in [0, 0.1) is 0 Å². The molecule has 34 heavy (non-hydrogen) atoms. The molecule has 9 nitrogen and oxygen atoms in total. The first kappa shape index (κ1) is 23.4. The number of hydrogen-bond donors (Lipinski definition) is 2. The second kappa shape index (κ2) is 10.5. The summed E-state index contributed by atoms with van der Waals surface area (Å²) in [7, 11) is 4.60. The maximum Gasteiger partial charge on any atom is 0.338 e. The third-order valence-corrected chi connectivity index (χ3v) is 6.18. The molecule has 2 aromatic rings. The van der Waals surface area contributed by atoms with Gasteiger partial charge >= 0.3 is 12.0 Å². The number of hydrogen-bond acceptors (Lipinski definition) is 7. The van der Waals surface area contributed by atoms with E-state index in [1.54, 1.807) is 26.4 Å². The van der Waals surface area contributed by atoms with Gasteiger partial charge in [0.15, 0.2) is 0 Å². The Bertz CT molecular complexity index is 1060. The zero-order chi connectivity index (χ0) is 24.1. The van der Waals surface area contributed by atoms with Crippen LogP contribution in [0.4, 0.5) is 10.5 Å². The molecule has 2 aliphatic heterocycles. The highest BCUT2D eigenvalue weighted by atomic mass is 16.5. The average molecular weight is 467 g/mol. The Morgan fingerprint density at radius 2 is 1.68 bits per heavy atom. The number of amides is 2. The first-order valence-electron chi connectivity index (χ1n) is 11.2. The van der Waals surface area contributed by atoms with E-state index in [-0.39, 0.29) is 6.03 Å². The van der Waals surface area contributed by atoms with Crippen molar-refractivity contribution >= 4 is 17.7 Å². The first-order valence-corrected chi connectivity index (χ1v) is 11.2. The highest BCUT2D eigenvalue weighted by Gasteiger charge is 2.34. The van der Waals surface area contributed by atoms with Crippen LogP contribution in [0.5, 0.6) is 11.5 Å². The SMILES string of the molecule is COC(=O)C1=C(CN2CCN(c3cccc(OC)c3)CC2)NC(=O)N[C@@H]1c1ccc(OC)cc1. The van der Waals surface area contributed by atoms with Gasteiger partial charge in [0.2, 0.25) is 0 Å². The molecule has 4 rings (SSSR count). The monoisotopic (exact) mass is 466 g/mol. The Morgan fingerprint density at radius 1 is 0.971 bits per heavy atom. The number of benzene rings is 2. The second-order valence-corrected chi connectivity index (χ2v) is 8.15. The van der Waals surface area contributed by atoms with Gasteiger partial charge in [-0.05, 0) is 29.8 Å². The number of methoxy groups -OCH3 is 3. The van der Waals surface area contributed by atoms with Crippen LogP contribution in [0.15, 0.2) is 59.8 Å². The van der Waals surface area contributed by atoms with Gasteiger partial charge in [-0.3, -0.25) is 4.90 Å². The summed E-state index contributed by atoms with van der Waals surface area (Å²) < 4.78 is 15.7. The molecule has 2 N–H and O–H groups in total. The van der Waals surface area contributed by atoms with E-state index in [0.717, 1.165) is 43.2 Å². The number of anilines is 1. The minimum Gasteiger partial charge on any atom is -0.497 e. The van der Waals surface area contributed by atoms with Gasteiger partial charge in [0.05, 0.1) is 32.9 Å². The van der Waals surface area contributed by atoms with E-state index < -0.39 is 12.0 Å². The van der Waals surface area contributed by atoms with E-state index in [9.17, 15) is 9.59 Å². The highest BCUT2D eigenvalue weighted by Crippen LogP contribution is 2.30. The van der Waals surface area contributed by atoms with Crippen molar-refractivity contribution in [1.29, 1.82) is 0 Å². The molecule has 0 unspecified atom stereocenters. The lowest BCUT2D eigenvalue weighted by molar-refractivity contribution is -0.136. The molecular weight excluding hydrogens is 436 g/mol. The van der Waals surface area contributed by atoms with Crippen molar-refractivity contribution in [1.82, 2.24) is 15.5 Å². The molecule has 0 aliphatic carbocycles. The molecule has 180 valence electrons. The number of esters is 1. The van der Waals surface area contributed by atoms with Gasteiger partial charge < -0.3 is 29.7 Å². The van der Waals surface area contributed by atoms with Crippen molar-refractivity contribution in [3.63, 3.8) is 0 Å². The molecule has 0 spiro atoms. The number of piperazine rings is 1. The summed E-state index contributed by atoms with van der Waals surface area (Å²) in [4.78, 5) is 29.8. The smallest absolute Gasteiger partial charge is 0.338 e. The van der Waals surface area contributed by atoms with Crippen molar-refractivity contribution in [2.45, 2.75) is 6.04 Å². The largest absolute Gasteiger partial charge is 0.497 e. The summed E-state index contributed by atoms with van der Waals surface area (Å²) in [6.45, 7) is 3.65. The summed E-state index contributed by atoms with van der Waals surface area (Å²) in [5.41, 5.74) is 2.85. The topological polar surface area (TPSA) is 92.4 Å². The summed E-state index contributed by atoms with van der Waals surface area (Å²) in [6, 6.07) is 14.3. The molecular formula is C25H30N4O5. The molecule has 2 aliphatic rings. The zero-order valence-electron chi connectivity index (χ0n) is 19.7. The summed E-state index contributed by atoms with van der Waals surface area (Å²) in [5, 5.41) is 5.70. The Morgan fingerprint density at radius 3 is 2.32 bits per heavy atom. The summed E-state index contributed by atoms with van der Waals surface area (Å²) >= 11 is 0. The Balaban J connectivity index is 1.52. The van der Waals surface area contributed by atoms with Gasteiger partial charge in [-0.15, -0.1) is 0 Å². The molecule has 0 saturated carbocycles. The Labute approximate surface area is 199 Å². The van der Waals surface area contributed by atoms with Crippen LogP contribution in [-0.4, -0.2) is 71.0 Å². The van der Waals surface area contributed by atoms with Crippen LogP contribution in [0.25, 0.3) is 0 Å². The number of ether oxygens (including phenoxy) is 3. The minimum atomic E-state index is -0.611. The van der Waals surface area contributed by atoms with Gasteiger partial charge in [0, 0.05) is 50.2 Å². The predicted octanol–water partition coefficient (Wildman–Crippen LogP) is 2.31. The molecule has 9 heteroatoms. The van der Waals surface area contributed by atoms with Gasteiger partial charge in [-0.2, -0.15) is 0 Å². The Kier molecular flexibility index (Phi) is 7.22. The highest BCUT2D eigenvalue weighted by molar-refractivity contribution is 5.95. The lowest BCUT2D eigenvalue weighted by atomic mass is 9.95. The van der Waals surface area contributed by atoms with Gasteiger partial charge in [0.25, 0.3) is 0 Å². The minimum absolute atomic E-state index is 0.349. The van der Waals surface area contributed by atoms with Crippen LogP contribution >= 0.6 is 0 Å². The fourth-order valence-electron chi connectivity index (χ4n) is 4.33. The van der Waals surface area contributed by atoms with Crippen molar-refractivity contribution < 1.29 is 23.8 Å². The van der Waals surface area contributed by atoms with E-state index in [1.165, 1.54) is 7.11 Å². The van der Waals surface area contributed by atoms with Crippen LogP contribution in [0.2, 0.25) is 0 Å². The Hall–Kier alpha value is -3.72. The fourth-order valence-corrected chi connectivity index (χ4v) is 4.33. The lowest BCUT2D eigenvalue weighted by Gasteiger charge is -2.38. The van der Waals surface area contributed by atoms with Crippen molar-refractivity contribution in [3.05, 3.63) is 65.4 Å². The molecule has 0 radical (unpaired) electrons. The van der Waals surface area contributed by atoms with E-state index in [4.69, 9.17) is 14.2 Å². The van der Waals surface area contributed by atoms with E-state index in [0.29, 0.717) is 23.6 Å². The zero-order valence-corrected chi connectivity index (χ0v) is 19.7. The lowest BCUT2D eigenvalue weighted by Crippen LogP contribution is -2.51. The molecule has 2 aromatic carbocycles. The standard InChI is InChI=1S/C25H30N4O5/c1-32-19-9-7-17(8-10-19)23-22(24(30)34-3)21(26-25(31)27-23)16-28-11-13-29(14-12-28)18-5-4-6-20(15-18)33-2/h4-10,15,23H,11-14,16H2,1-3H3,(H2,26,27,31)/t23-/m1/s1. The number of carbonyl (C=O) groups is 2. The fraction of sp³-hybridized carbons (Fsp3) is 0.360. The third-order valence-electron chi connectivity index (χ3n) is 6.18. The molecule has 2 amide bonds. The first-order chi connectivity index (χ1) is 16.5. The molecule has 1 fully saturated rings. The number of nitrogens with zero attached hydrogens (tertiary/aromatic N) is 2. The van der Waals surface area contributed by atoms with Crippen molar-refractivity contribution in [3.8, 4) is 11.5 Å². The van der Waals surface area contributed by atoms with Crippen LogP contribution in [0.3, 0.4) is 0 Å². The van der Waals surface area contributed by atoms with Crippen LogP contribution < -0.4 is 25.0 Å². The summed E-state index contributed by atoms with van der Waals surface area (Å²) in [5.74, 6) is 1.05. The maximum atomic E-state index is 12.8. The summed E-state index contributed by atoms with van der Waals surface area (Å²) in [6.07, 6.45) is 0. The average Bonchev–Trinajstić information content (AvgIpc) is 2.88. The molecule has 0 bridgehead atoms. The normalized spacial score (nSPS) is 18.7. The molecule has 0 aromatic heterocycles. The van der Waals surface area contributed by atoms with Crippen LogP contribution in [-0.2, 0) is 9.53 Å². The molecule has 1 atom stereocenters. The number of carbonyl (C=O) groups excluding carboxylic acids is 2. The molecule has 1 saturated heterocycles. The van der Waals surface area contributed by atoms with Crippen LogP contribution in [0.1, 0.15) is 11.6 Å². The van der Waals surface area contributed by atoms with Crippen molar-refractivity contribution in [2.75, 3.05) is 59.0 Å². The maximum absolute atomic E-state index is 12.8. The van der Waals surface area contributed by atoms with Gasteiger partial charge in [-0.25, -0.2) is 9.59 Å². The van der Waals surface area contributed by atoms with Gasteiger partial charge in [0.1, 0.15) is 11.5 Å². The van der Waals surface area contributed by atoms with Gasteiger partial charge in [-0.1, -0.05) is 18.2 Å². The van der Waals surface area contributed by atoms with E-state index in [2.05, 4.69) is 26.5 Å². The molecule has 2 heterocycles. The number of urea groups is 1. The van der Waals surface area contributed by atoms with E-state index >= 15 is 0 Å². The number of nitrogens with one attached hydrogen (secondary N) is 2. The van der Waals surface area contributed by atoms with Crippen molar-refractivity contribution in [2.24, 2.45) is 0 Å². The number of rotatable bonds is 7. The predicted molar refractivity (Wildman–Crippen MR) is 128 cm³/mol. The third kappa shape index (κ3) is 5.09. The second-order valence-electron chi connectivity index (χ2n) is 8.15. The quantitative estimate of drug-likeness (QED) is 0.605. The van der Waals surface area contributed by atoms with E-state index in [1.807, 2.05) is 30.3 Å².